The summed E-state index contributed by atoms with van der Waals surface area (Å²) in [4.78, 5) is 12.6. The van der Waals surface area contributed by atoms with Gasteiger partial charge in [-0.1, -0.05) is 0 Å². The third kappa shape index (κ3) is 1.98. The number of hydrogen-bond donors (Lipinski definition) is 2. The van der Waals surface area contributed by atoms with Crippen LogP contribution in [0.25, 0.3) is 6.08 Å². The number of aromatic amines is 1. The summed E-state index contributed by atoms with van der Waals surface area (Å²) in [6, 6.07) is 0. The van der Waals surface area contributed by atoms with Gasteiger partial charge in [0.1, 0.15) is 5.41 Å². The molecule has 1 aliphatic heterocycles. The first-order valence-corrected chi connectivity index (χ1v) is 6.77. The van der Waals surface area contributed by atoms with Gasteiger partial charge in [0.2, 0.25) is 0 Å². The van der Waals surface area contributed by atoms with Crippen LogP contribution in [-0.2, 0) is 16.0 Å². The molecule has 0 radical (unpaired) electrons. The molecule has 0 saturated carbocycles. The summed E-state index contributed by atoms with van der Waals surface area (Å²) >= 11 is 0. The van der Waals surface area contributed by atoms with E-state index < -0.39 is 5.41 Å². The number of H-pyrrole nitrogens is 1. The van der Waals surface area contributed by atoms with Crippen molar-refractivity contribution in [2.75, 3.05) is 13.1 Å². The zero-order chi connectivity index (χ0) is 13.5. The van der Waals surface area contributed by atoms with Crippen molar-refractivity contribution in [2.45, 2.75) is 32.8 Å². The van der Waals surface area contributed by atoms with Gasteiger partial charge in [-0.25, -0.2) is 0 Å². The molecule has 1 atom stereocenters. The Hall–Kier alpha value is -1.62. The van der Waals surface area contributed by atoms with Crippen LogP contribution in [-0.4, -0.2) is 35.4 Å². The summed E-state index contributed by atoms with van der Waals surface area (Å²) in [6.07, 6.45) is 5.35. The molecule has 1 aromatic heterocycles. The zero-order valence-electron chi connectivity index (χ0n) is 11.3. The Labute approximate surface area is 112 Å². The molecular weight excluding hydrogens is 242 g/mol. The summed E-state index contributed by atoms with van der Waals surface area (Å²) in [5, 5.41) is 10.4. The van der Waals surface area contributed by atoms with Crippen LogP contribution < -0.4 is 5.32 Å². The first-order chi connectivity index (χ1) is 9.12. The quantitative estimate of drug-likeness (QED) is 0.787. The summed E-state index contributed by atoms with van der Waals surface area (Å²) in [5.74, 6) is -0.118. The number of aromatic nitrogens is 2. The Morgan fingerprint density at radius 3 is 3.16 bits per heavy atom. The second-order valence-corrected chi connectivity index (χ2v) is 5.62. The summed E-state index contributed by atoms with van der Waals surface area (Å²) < 4.78 is 5.49. The van der Waals surface area contributed by atoms with E-state index in [1.807, 2.05) is 20.0 Å². The van der Waals surface area contributed by atoms with Gasteiger partial charge in [0.25, 0.3) is 0 Å². The zero-order valence-corrected chi connectivity index (χ0v) is 11.3. The highest BCUT2D eigenvalue weighted by molar-refractivity contribution is 5.85. The van der Waals surface area contributed by atoms with Crippen LogP contribution in [0.15, 0.2) is 11.8 Å². The average Bonchev–Trinajstić information content (AvgIpc) is 2.81. The molecule has 102 valence electrons. The third-order valence-corrected chi connectivity index (χ3v) is 3.91. The molecule has 1 aliphatic carbocycles. The molecule has 19 heavy (non-hydrogen) atoms. The second kappa shape index (κ2) is 4.49. The van der Waals surface area contributed by atoms with Crippen LogP contribution in [0.2, 0.25) is 0 Å². The minimum absolute atomic E-state index is 0.0872. The van der Waals surface area contributed by atoms with E-state index in [0.717, 1.165) is 29.8 Å². The van der Waals surface area contributed by atoms with E-state index in [2.05, 4.69) is 21.6 Å². The van der Waals surface area contributed by atoms with Gasteiger partial charge in [-0.05, 0) is 50.4 Å². The molecule has 2 aliphatic rings. The molecule has 0 spiro atoms. The SMILES string of the molecule is CC(C)OC(=O)C12CNCCC1=Cc1[nH]ncc1C2. The Kier molecular flexibility index (Phi) is 2.93. The van der Waals surface area contributed by atoms with Crippen LogP contribution in [0.5, 0.6) is 0 Å². The molecular formula is C14H19N3O2. The van der Waals surface area contributed by atoms with Crippen LogP contribution in [0, 0.1) is 5.41 Å². The fourth-order valence-corrected chi connectivity index (χ4v) is 2.95. The number of nitrogens with one attached hydrogen (secondary N) is 2. The van der Waals surface area contributed by atoms with Gasteiger partial charge in [0, 0.05) is 6.54 Å². The highest BCUT2D eigenvalue weighted by atomic mass is 16.5. The average molecular weight is 261 g/mol. The van der Waals surface area contributed by atoms with E-state index in [1.165, 1.54) is 0 Å². The van der Waals surface area contributed by atoms with Crippen molar-refractivity contribution < 1.29 is 9.53 Å². The molecule has 1 saturated heterocycles. The van der Waals surface area contributed by atoms with Gasteiger partial charge in [-0.3, -0.25) is 9.89 Å². The lowest BCUT2D eigenvalue weighted by Crippen LogP contribution is -2.50. The van der Waals surface area contributed by atoms with Crippen LogP contribution in [0.3, 0.4) is 0 Å². The molecule has 5 heteroatoms. The maximum Gasteiger partial charge on any atom is 0.318 e. The lowest BCUT2D eigenvalue weighted by molar-refractivity contribution is -0.158. The van der Waals surface area contributed by atoms with Crippen molar-refractivity contribution in [3.05, 3.63) is 23.0 Å². The number of piperidine rings is 1. The molecule has 1 unspecified atom stereocenters. The van der Waals surface area contributed by atoms with Crippen LogP contribution in [0.4, 0.5) is 0 Å². The summed E-state index contributed by atoms with van der Waals surface area (Å²) in [5.41, 5.74) is 2.74. The van der Waals surface area contributed by atoms with Crippen LogP contribution in [0.1, 0.15) is 31.5 Å². The van der Waals surface area contributed by atoms with E-state index in [0.29, 0.717) is 13.0 Å². The maximum atomic E-state index is 12.6. The monoisotopic (exact) mass is 261 g/mol. The largest absolute Gasteiger partial charge is 0.462 e. The number of fused-ring (bicyclic) bond motifs is 2. The summed E-state index contributed by atoms with van der Waals surface area (Å²) in [7, 11) is 0. The predicted molar refractivity (Wildman–Crippen MR) is 71.4 cm³/mol. The first kappa shape index (κ1) is 12.4. The molecule has 2 N–H and O–H groups in total. The number of carbonyl (C=O) groups is 1. The minimum Gasteiger partial charge on any atom is -0.462 e. The maximum absolute atomic E-state index is 12.6. The van der Waals surface area contributed by atoms with Gasteiger partial charge >= 0.3 is 5.97 Å². The molecule has 0 amide bonds. The molecule has 1 fully saturated rings. The molecule has 2 heterocycles. The number of hydrogen-bond acceptors (Lipinski definition) is 4. The van der Waals surface area contributed by atoms with Crippen molar-refractivity contribution in [1.82, 2.24) is 15.5 Å². The Morgan fingerprint density at radius 2 is 2.37 bits per heavy atom. The predicted octanol–water partition coefficient (Wildman–Crippen LogP) is 1.28. The number of nitrogens with zero attached hydrogens (tertiary/aromatic N) is 1. The lowest BCUT2D eigenvalue weighted by Gasteiger charge is -2.40. The standard InChI is InChI=1S/C14H19N3O2/c1-9(2)19-13(18)14-6-10-7-16-17-12(10)5-11(14)3-4-15-8-14/h5,7,9,15H,3-4,6,8H2,1-2H3,(H,16,17). The molecule has 1 aromatic rings. The number of carbonyl (C=O) groups excluding carboxylic acids is 1. The fourth-order valence-electron chi connectivity index (χ4n) is 2.95. The Balaban J connectivity index is 1.99. The van der Waals surface area contributed by atoms with Gasteiger partial charge < -0.3 is 10.1 Å². The Bertz CT molecular complexity index is 533. The topological polar surface area (TPSA) is 67.0 Å². The van der Waals surface area contributed by atoms with E-state index in [1.54, 1.807) is 0 Å². The fraction of sp³-hybridized carbons (Fsp3) is 0.571. The van der Waals surface area contributed by atoms with Crippen molar-refractivity contribution in [3.8, 4) is 0 Å². The van der Waals surface area contributed by atoms with Crippen molar-refractivity contribution in [3.63, 3.8) is 0 Å². The minimum atomic E-state index is -0.542. The normalized spacial score (nSPS) is 25.5. The number of ether oxygens (including phenoxy) is 1. The smallest absolute Gasteiger partial charge is 0.318 e. The van der Waals surface area contributed by atoms with Crippen molar-refractivity contribution >= 4 is 12.0 Å². The van der Waals surface area contributed by atoms with Gasteiger partial charge in [-0.15, -0.1) is 0 Å². The first-order valence-electron chi connectivity index (χ1n) is 6.77. The van der Waals surface area contributed by atoms with Gasteiger partial charge in [-0.2, -0.15) is 5.10 Å². The molecule has 3 rings (SSSR count). The van der Waals surface area contributed by atoms with Crippen LogP contribution >= 0.6 is 0 Å². The van der Waals surface area contributed by atoms with E-state index in [9.17, 15) is 4.79 Å². The highest BCUT2D eigenvalue weighted by Crippen LogP contribution is 2.42. The Morgan fingerprint density at radius 1 is 1.53 bits per heavy atom. The van der Waals surface area contributed by atoms with Gasteiger partial charge in [0.05, 0.1) is 18.0 Å². The third-order valence-electron chi connectivity index (χ3n) is 3.91. The lowest BCUT2D eigenvalue weighted by atomic mass is 9.69. The van der Waals surface area contributed by atoms with Crippen molar-refractivity contribution in [2.24, 2.45) is 5.41 Å². The van der Waals surface area contributed by atoms with E-state index in [-0.39, 0.29) is 12.1 Å². The van der Waals surface area contributed by atoms with Gasteiger partial charge in [0.15, 0.2) is 0 Å². The van der Waals surface area contributed by atoms with E-state index in [4.69, 9.17) is 4.74 Å². The van der Waals surface area contributed by atoms with Crippen molar-refractivity contribution in [1.29, 1.82) is 0 Å². The summed E-state index contributed by atoms with van der Waals surface area (Å²) in [6.45, 7) is 5.33. The second-order valence-electron chi connectivity index (χ2n) is 5.62. The molecule has 0 aromatic carbocycles. The highest BCUT2D eigenvalue weighted by Gasteiger charge is 2.47. The van der Waals surface area contributed by atoms with E-state index >= 15 is 0 Å². The number of rotatable bonds is 2. The molecule has 5 nitrogen and oxygen atoms in total. The molecule has 0 bridgehead atoms. The number of esters is 1.